The molecular formula is C22H27NO4. The van der Waals surface area contributed by atoms with Gasteiger partial charge in [0.05, 0.1) is 12.2 Å². The van der Waals surface area contributed by atoms with Crippen molar-refractivity contribution in [1.29, 1.82) is 0 Å². The predicted molar refractivity (Wildman–Crippen MR) is 106 cm³/mol. The maximum atomic E-state index is 12.7. The molecule has 1 atom stereocenters. The number of aryl methyl sites for hydroxylation is 3. The second-order valence-electron chi connectivity index (χ2n) is 6.58. The highest BCUT2D eigenvalue weighted by molar-refractivity contribution is 5.96. The Kier molecular flexibility index (Phi) is 6.99. The summed E-state index contributed by atoms with van der Waals surface area (Å²) >= 11 is 0. The SMILES string of the molecule is CCOC(=O)c1ccc(NC(=O)[C@@H](CC)Oc2cc(C)cc(C)c2)c(C)c1. The maximum Gasteiger partial charge on any atom is 0.338 e. The summed E-state index contributed by atoms with van der Waals surface area (Å²) < 4.78 is 10.9. The van der Waals surface area contributed by atoms with Crippen LogP contribution in [0.15, 0.2) is 36.4 Å². The van der Waals surface area contributed by atoms with Crippen molar-refractivity contribution >= 4 is 17.6 Å². The van der Waals surface area contributed by atoms with Crippen LogP contribution < -0.4 is 10.1 Å². The first-order valence-corrected chi connectivity index (χ1v) is 9.17. The van der Waals surface area contributed by atoms with Crippen molar-refractivity contribution in [3.63, 3.8) is 0 Å². The summed E-state index contributed by atoms with van der Waals surface area (Å²) in [7, 11) is 0. The number of nitrogens with one attached hydrogen (secondary N) is 1. The van der Waals surface area contributed by atoms with Crippen LogP contribution in [0.3, 0.4) is 0 Å². The lowest BCUT2D eigenvalue weighted by Gasteiger charge is -2.19. The van der Waals surface area contributed by atoms with Crippen molar-refractivity contribution in [2.24, 2.45) is 0 Å². The molecule has 1 amide bonds. The van der Waals surface area contributed by atoms with Gasteiger partial charge in [0.25, 0.3) is 5.91 Å². The van der Waals surface area contributed by atoms with Gasteiger partial charge in [-0.25, -0.2) is 4.79 Å². The Hall–Kier alpha value is -2.82. The molecule has 0 saturated heterocycles. The lowest BCUT2D eigenvalue weighted by molar-refractivity contribution is -0.122. The fraction of sp³-hybridized carbons (Fsp3) is 0.364. The van der Waals surface area contributed by atoms with E-state index in [4.69, 9.17) is 9.47 Å². The Bertz CT molecular complexity index is 809. The number of esters is 1. The molecule has 5 nitrogen and oxygen atoms in total. The molecule has 0 bridgehead atoms. The summed E-state index contributed by atoms with van der Waals surface area (Å²) in [6, 6.07) is 11.0. The van der Waals surface area contributed by atoms with Crippen molar-refractivity contribution in [3.8, 4) is 5.75 Å². The average molecular weight is 369 g/mol. The molecule has 0 heterocycles. The van der Waals surface area contributed by atoms with Gasteiger partial charge in [0.2, 0.25) is 0 Å². The van der Waals surface area contributed by atoms with Crippen LogP contribution in [0.25, 0.3) is 0 Å². The number of rotatable bonds is 7. The molecule has 144 valence electrons. The zero-order valence-corrected chi connectivity index (χ0v) is 16.6. The second kappa shape index (κ2) is 9.21. The third-order valence-electron chi connectivity index (χ3n) is 4.13. The van der Waals surface area contributed by atoms with Crippen LogP contribution in [-0.2, 0) is 9.53 Å². The molecule has 0 aromatic heterocycles. The van der Waals surface area contributed by atoms with Gasteiger partial charge in [-0.05, 0) is 81.1 Å². The van der Waals surface area contributed by atoms with E-state index in [1.54, 1.807) is 25.1 Å². The van der Waals surface area contributed by atoms with Gasteiger partial charge >= 0.3 is 5.97 Å². The lowest BCUT2D eigenvalue weighted by Crippen LogP contribution is -2.32. The fourth-order valence-electron chi connectivity index (χ4n) is 2.85. The number of anilines is 1. The number of amides is 1. The Balaban J connectivity index is 2.11. The number of hydrogen-bond donors (Lipinski definition) is 1. The molecule has 1 N–H and O–H groups in total. The number of ether oxygens (including phenoxy) is 2. The molecule has 2 aromatic rings. The Morgan fingerprint density at radius 2 is 1.67 bits per heavy atom. The van der Waals surface area contributed by atoms with Crippen molar-refractivity contribution in [1.82, 2.24) is 0 Å². The van der Waals surface area contributed by atoms with E-state index < -0.39 is 6.10 Å². The highest BCUT2D eigenvalue weighted by atomic mass is 16.5. The number of benzene rings is 2. The smallest absolute Gasteiger partial charge is 0.338 e. The minimum absolute atomic E-state index is 0.219. The normalized spacial score (nSPS) is 11.6. The molecule has 27 heavy (non-hydrogen) atoms. The van der Waals surface area contributed by atoms with Crippen molar-refractivity contribution in [2.45, 2.75) is 47.1 Å². The van der Waals surface area contributed by atoms with E-state index in [1.165, 1.54) is 0 Å². The van der Waals surface area contributed by atoms with Gasteiger partial charge in [-0.3, -0.25) is 4.79 Å². The molecule has 2 rings (SSSR count). The largest absolute Gasteiger partial charge is 0.481 e. The molecule has 0 unspecified atom stereocenters. The van der Waals surface area contributed by atoms with Crippen LogP contribution in [0.4, 0.5) is 5.69 Å². The monoisotopic (exact) mass is 369 g/mol. The van der Waals surface area contributed by atoms with E-state index in [0.717, 1.165) is 16.7 Å². The van der Waals surface area contributed by atoms with E-state index in [-0.39, 0.29) is 11.9 Å². The number of carbonyl (C=O) groups is 2. The first kappa shape index (κ1) is 20.5. The minimum atomic E-state index is -0.602. The molecular weight excluding hydrogens is 342 g/mol. The first-order chi connectivity index (χ1) is 12.8. The maximum absolute atomic E-state index is 12.7. The molecule has 2 aromatic carbocycles. The average Bonchev–Trinajstić information content (AvgIpc) is 2.60. The summed E-state index contributed by atoms with van der Waals surface area (Å²) in [6.07, 6.45) is -0.0611. The Morgan fingerprint density at radius 3 is 2.22 bits per heavy atom. The molecule has 0 radical (unpaired) electrons. The van der Waals surface area contributed by atoms with Gasteiger partial charge in [-0.15, -0.1) is 0 Å². The minimum Gasteiger partial charge on any atom is -0.481 e. The topological polar surface area (TPSA) is 64.6 Å². The van der Waals surface area contributed by atoms with E-state index in [1.807, 2.05) is 39.8 Å². The van der Waals surface area contributed by atoms with Gasteiger partial charge in [0.15, 0.2) is 6.10 Å². The molecule has 0 aliphatic heterocycles. The quantitative estimate of drug-likeness (QED) is 0.725. The summed E-state index contributed by atoms with van der Waals surface area (Å²) in [5.41, 5.74) is 4.08. The summed E-state index contributed by atoms with van der Waals surface area (Å²) in [5, 5.41) is 2.89. The van der Waals surface area contributed by atoms with E-state index in [0.29, 0.717) is 30.0 Å². The van der Waals surface area contributed by atoms with Crippen LogP contribution >= 0.6 is 0 Å². The number of carbonyl (C=O) groups excluding carboxylic acids is 2. The second-order valence-corrected chi connectivity index (χ2v) is 6.58. The van der Waals surface area contributed by atoms with E-state index in [2.05, 4.69) is 11.4 Å². The van der Waals surface area contributed by atoms with Crippen molar-refractivity contribution in [2.75, 3.05) is 11.9 Å². The van der Waals surface area contributed by atoms with Gasteiger partial charge in [-0.2, -0.15) is 0 Å². The highest BCUT2D eigenvalue weighted by Gasteiger charge is 2.20. The molecule has 0 spiro atoms. The molecule has 0 aliphatic carbocycles. The molecule has 0 saturated carbocycles. The highest BCUT2D eigenvalue weighted by Crippen LogP contribution is 2.21. The summed E-state index contributed by atoms with van der Waals surface area (Å²) in [4.78, 5) is 24.5. The molecule has 0 aliphatic rings. The summed E-state index contributed by atoms with van der Waals surface area (Å²) in [5.74, 6) is 0.0931. The van der Waals surface area contributed by atoms with Crippen LogP contribution in [0.1, 0.15) is 47.3 Å². The van der Waals surface area contributed by atoms with E-state index in [9.17, 15) is 9.59 Å². The van der Waals surface area contributed by atoms with Crippen LogP contribution in [0, 0.1) is 20.8 Å². The first-order valence-electron chi connectivity index (χ1n) is 9.17. The zero-order chi connectivity index (χ0) is 20.0. The van der Waals surface area contributed by atoms with Crippen LogP contribution in [0.2, 0.25) is 0 Å². The summed E-state index contributed by atoms with van der Waals surface area (Å²) in [6.45, 7) is 9.82. The van der Waals surface area contributed by atoms with Crippen LogP contribution in [-0.4, -0.2) is 24.6 Å². The predicted octanol–water partition coefficient (Wildman–Crippen LogP) is 4.58. The fourth-order valence-corrected chi connectivity index (χ4v) is 2.85. The Labute approximate surface area is 160 Å². The van der Waals surface area contributed by atoms with Crippen LogP contribution in [0.5, 0.6) is 5.75 Å². The number of hydrogen-bond acceptors (Lipinski definition) is 4. The third kappa shape index (κ3) is 5.58. The van der Waals surface area contributed by atoms with Crippen molar-refractivity contribution < 1.29 is 19.1 Å². The van der Waals surface area contributed by atoms with Gasteiger partial charge < -0.3 is 14.8 Å². The molecule has 5 heteroatoms. The standard InChI is InChI=1S/C22H27NO4/c1-6-20(27-18-11-14(3)10-15(4)12-18)21(24)23-19-9-8-17(13-16(19)5)22(25)26-7-2/h8-13,20H,6-7H2,1-5H3,(H,23,24)/t20-/m1/s1. The van der Waals surface area contributed by atoms with Gasteiger partial charge in [0, 0.05) is 5.69 Å². The van der Waals surface area contributed by atoms with Gasteiger partial charge in [-0.1, -0.05) is 13.0 Å². The van der Waals surface area contributed by atoms with E-state index >= 15 is 0 Å². The zero-order valence-electron chi connectivity index (χ0n) is 16.6. The van der Waals surface area contributed by atoms with Gasteiger partial charge in [0.1, 0.15) is 5.75 Å². The third-order valence-corrected chi connectivity index (χ3v) is 4.13. The van der Waals surface area contributed by atoms with Crippen molar-refractivity contribution in [3.05, 3.63) is 58.7 Å². The molecule has 0 fully saturated rings. The lowest BCUT2D eigenvalue weighted by atomic mass is 10.1. The Morgan fingerprint density at radius 1 is 1.00 bits per heavy atom.